The number of hydrogen-bond donors (Lipinski definition) is 0. The zero-order valence-corrected chi connectivity index (χ0v) is 53.3. The van der Waals surface area contributed by atoms with Gasteiger partial charge in [-0.3, -0.25) is 14.4 Å². The third-order valence-electron chi connectivity index (χ3n) is 14.8. The van der Waals surface area contributed by atoms with Crippen molar-refractivity contribution >= 4 is 17.9 Å². The molecule has 0 amide bonds. The molecule has 0 aromatic heterocycles. The van der Waals surface area contributed by atoms with Crippen LogP contribution in [0.2, 0.25) is 0 Å². The van der Waals surface area contributed by atoms with Gasteiger partial charge in [0.2, 0.25) is 0 Å². The molecule has 0 saturated heterocycles. The van der Waals surface area contributed by atoms with Gasteiger partial charge >= 0.3 is 17.9 Å². The van der Waals surface area contributed by atoms with Gasteiger partial charge in [-0.1, -0.05) is 310 Å². The summed E-state index contributed by atoms with van der Waals surface area (Å²) in [5.41, 5.74) is 0. The van der Waals surface area contributed by atoms with Gasteiger partial charge in [-0.05, 0) is 109 Å². The van der Waals surface area contributed by atoms with E-state index in [2.05, 4.69) is 130 Å². The van der Waals surface area contributed by atoms with Crippen LogP contribution in [0.4, 0.5) is 0 Å². The first-order chi connectivity index (χ1) is 40.0. The van der Waals surface area contributed by atoms with Crippen molar-refractivity contribution in [2.45, 2.75) is 335 Å². The molecule has 0 spiro atoms. The van der Waals surface area contributed by atoms with E-state index in [1.807, 2.05) is 0 Å². The van der Waals surface area contributed by atoms with Crippen molar-refractivity contribution in [2.75, 3.05) is 13.2 Å². The van der Waals surface area contributed by atoms with Crippen molar-refractivity contribution in [3.63, 3.8) is 0 Å². The molecule has 0 fully saturated rings. The fourth-order valence-corrected chi connectivity index (χ4v) is 9.63. The summed E-state index contributed by atoms with van der Waals surface area (Å²) in [7, 11) is 0. The second-order valence-electron chi connectivity index (χ2n) is 22.7. The van der Waals surface area contributed by atoms with Gasteiger partial charge < -0.3 is 14.2 Å². The molecule has 0 rings (SSSR count). The highest BCUT2D eigenvalue weighted by molar-refractivity contribution is 5.71. The maximum atomic E-state index is 12.9. The third kappa shape index (κ3) is 66.8. The van der Waals surface area contributed by atoms with Gasteiger partial charge in [0, 0.05) is 19.3 Å². The predicted molar refractivity (Wildman–Crippen MR) is 353 cm³/mol. The highest BCUT2D eigenvalue weighted by Crippen LogP contribution is 2.17. The van der Waals surface area contributed by atoms with Crippen LogP contribution in [0, 0.1) is 0 Å². The number of carbonyl (C=O) groups is 3. The Labute approximate surface area is 501 Å². The highest BCUT2D eigenvalue weighted by Gasteiger charge is 2.19. The maximum Gasteiger partial charge on any atom is 0.306 e. The van der Waals surface area contributed by atoms with Crippen LogP contribution in [-0.2, 0) is 28.6 Å². The molecule has 81 heavy (non-hydrogen) atoms. The van der Waals surface area contributed by atoms with E-state index < -0.39 is 6.10 Å². The predicted octanol–water partition coefficient (Wildman–Crippen LogP) is 23.8. The Kier molecular flexibility index (Phi) is 65.2. The smallest absolute Gasteiger partial charge is 0.306 e. The number of carbonyl (C=O) groups excluding carboxylic acids is 3. The maximum absolute atomic E-state index is 12.9. The number of ether oxygens (including phenoxy) is 3. The number of hydrogen-bond acceptors (Lipinski definition) is 6. The number of esters is 3. The zero-order valence-electron chi connectivity index (χ0n) is 53.3. The van der Waals surface area contributed by atoms with Crippen molar-refractivity contribution in [3.05, 3.63) is 109 Å². The number of rotatable bonds is 62. The normalized spacial score (nSPS) is 12.8. The Hall–Kier alpha value is -3.93. The summed E-state index contributed by atoms with van der Waals surface area (Å²) in [5, 5.41) is 0. The highest BCUT2D eigenvalue weighted by atomic mass is 16.6. The van der Waals surface area contributed by atoms with E-state index in [4.69, 9.17) is 14.2 Å². The first-order valence-corrected chi connectivity index (χ1v) is 34.4. The Morgan fingerprint density at radius 2 is 0.481 bits per heavy atom. The SMILES string of the molecule is CC/C=C\C/C=C\C/C=C\C/C=C\C/C=C\C/C=C\C/C=C\C/C=C\CCCCC(=O)OCC(COC(=O)CCCCCCC/C=C\CCCCCCCCC)OC(=O)CCCCCCCCCCCCCCCCCCCCCC. The van der Waals surface area contributed by atoms with Crippen molar-refractivity contribution in [1.29, 1.82) is 0 Å². The van der Waals surface area contributed by atoms with E-state index in [0.29, 0.717) is 19.3 Å². The molecule has 0 N–H and O–H groups in total. The summed E-state index contributed by atoms with van der Waals surface area (Å²) in [6.07, 6.45) is 93.9. The quantitative estimate of drug-likeness (QED) is 0.0261. The standard InChI is InChI=1S/C75H128O6/c1-4-7-10-13-16-19-22-25-28-31-33-35-36-37-38-39-40-41-43-44-47-50-53-56-59-62-65-68-74(77)80-71-72(70-79-73(76)67-64-61-58-55-52-49-46-30-27-24-21-18-15-12-9-6-3)81-75(78)69-66-63-60-57-54-51-48-45-42-34-32-29-26-23-20-17-14-11-8-5-2/h7,10,16,19,25,28,30,33,35,37-38,40-41,44,46-47,53,56,72H,4-6,8-9,11-15,17-18,20-24,26-27,29,31-32,34,36,39,42-43,45,48-52,54-55,57-71H2,1-3H3/b10-7-,19-16-,28-25-,35-33-,38-37-,41-40-,46-30-,47-44-,56-53-. The van der Waals surface area contributed by atoms with Crippen molar-refractivity contribution < 1.29 is 28.6 Å². The molecule has 0 radical (unpaired) electrons. The Morgan fingerprint density at radius 3 is 0.790 bits per heavy atom. The van der Waals surface area contributed by atoms with Crippen LogP contribution in [0.5, 0.6) is 0 Å². The first-order valence-electron chi connectivity index (χ1n) is 34.4. The molecule has 6 nitrogen and oxygen atoms in total. The van der Waals surface area contributed by atoms with Gasteiger partial charge in [0.1, 0.15) is 13.2 Å². The molecule has 0 heterocycles. The molecule has 464 valence electrons. The minimum Gasteiger partial charge on any atom is -0.462 e. The van der Waals surface area contributed by atoms with E-state index >= 15 is 0 Å². The molecule has 0 aromatic carbocycles. The van der Waals surface area contributed by atoms with E-state index in [9.17, 15) is 14.4 Å². The summed E-state index contributed by atoms with van der Waals surface area (Å²) in [6.45, 7) is 6.52. The van der Waals surface area contributed by atoms with Gasteiger partial charge in [0.25, 0.3) is 0 Å². The lowest BCUT2D eigenvalue weighted by Gasteiger charge is -2.18. The van der Waals surface area contributed by atoms with Crippen molar-refractivity contribution in [1.82, 2.24) is 0 Å². The van der Waals surface area contributed by atoms with Crippen LogP contribution in [-0.4, -0.2) is 37.2 Å². The molecule has 1 unspecified atom stereocenters. The summed E-state index contributed by atoms with van der Waals surface area (Å²) in [5.74, 6) is -0.933. The molecule has 0 bridgehead atoms. The minimum absolute atomic E-state index is 0.0943. The van der Waals surface area contributed by atoms with Crippen LogP contribution < -0.4 is 0 Å². The fourth-order valence-electron chi connectivity index (χ4n) is 9.63. The molecular weight excluding hydrogens is 997 g/mol. The van der Waals surface area contributed by atoms with Crippen LogP contribution in [0.1, 0.15) is 329 Å². The average Bonchev–Trinajstić information content (AvgIpc) is 3.47. The van der Waals surface area contributed by atoms with Gasteiger partial charge in [-0.2, -0.15) is 0 Å². The molecule has 0 aliphatic heterocycles. The van der Waals surface area contributed by atoms with Crippen LogP contribution in [0.15, 0.2) is 109 Å². The van der Waals surface area contributed by atoms with Gasteiger partial charge in [-0.25, -0.2) is 0 Å². The summed E-state index contributed by atoms with van der Waals surface area (Å²) < 4.78 is 16.9. The lowest BCUT2D eigenvalue weighted by atomic mass is 10.0. The summed E-state index contributed by atoms with van der Waals surface area (Å²) >= 11 is 0. The third-order valence-corrected chi connectivity index (χ3v) is 14.8. The van der Waals surface area contributed by atoms with E-state index in [-0.39, 0.29) is 31.1 Å². The molecule has 6 heteroatoms. The topological polar surface area (TPSA) is 78.9 Å². The number of unbranched alkanes of at least 4 members (excludes halogenated alkanes) is 33. The van der Waals surface area contributed by atoms with E-state index in [1.165, 1.54) is 173 Å². The molecular formula is C75H128O6. The van der Waals surface area contributed by atoms with Gasteiger partial charge in [0.15, 0.2) is 6.10 Å². The zero-order chi connectivity index (χ0) is 58.5. The molecule has 0 aliphatic carbocycles. The summed E-state index contributed by atoms with van der Waals surface area (Å²) in [6, 6.07) is 0. The minimum atomic E-state index is -0.801. The van der Waals surface area contributed by atoms with Crippen molar-refractivity contribution in [2.24, 2.45) is 0 Å². The Balaban J connectivity index is 4.44. The van der Waals surface area contributed by atoms with Crippen LogP contribution in [0.25, 0.3) is 0 Å². The van der Waals surface area contributed by atoms with Gasteiger partial charge in [-0.15, -0.1) is 0 Å². The van der Waals surface area contributed by atoms with Crippen molar-refractivity contribution in [3.8, 4) is 0 Å². The fraction of sp³-hybridized carbons (Fsp3) is 0.720. The lowest BCUT2D eigenvalue weighted by molar-refractivity contribution is -0.167. The summed E-state index contributed by atoms with van der Waals surface area (Å²) in [4.78, 5) is 38.4. The first kappa shape index (κ1) is 77.1. The molecule has 0 saturated carbocycles. The second-order valence-corrected chi connectivity index (χ2v) is 22.7. The molecule has 0 aromatic rings. The second kappa shape index (κ2) is 68.6. The Bertz CT molecular complexity index is 1620. The van der Waals surface area contributed by atoms with E-state index in [0.717, 1.165) is 116 Å². The average molecular weight is 1130 g/mol. The van der Waals surface area contributed by atoms with Gasteiger partial charge in [0.05, 0.1) is 0 Å². The molecule has 1 atom stereocenters. The lowest BCUT2D eigenvalue weighted by Crippen LogP contribution is -2.30. The van der Waals surface area contributed by atoms with E-state index in [1.54, 1.807) is 0 Å². The number of allylic oxidation sites excluding steroid dienone is 18. The van der Waals surface area contributed by atoms with Crippen LogP contribution >= 0.6 is 0 Å². The largest absolute Gasteiger partial charge is 0.462 e. The molecule has 0 aliphatic rings. The monoisotopic (exact) mass is 1120 g/mol. The Morgan fingerprint density at radius 1 is 0.259 bits per heavy atom. The van der Waals surface area contributed by atoms with Crippen LogP contribution in [0.3, 0.4) is 0 Å².